The number of amides is 1. The number of carbonyl (C=O) groups excluding carboxylic acids is 1. The van der Waals surface area contributed by atoms with Gasteiger partial charge in [-0.25, -0.2) is 9.97 Å². The van der Waals surface area contributed by atoms with E-state index in [1.54, 1.807) is 12.4 Å². The summed E-state index contributed by atoms with van der Waals surface area (Å²) in [6.07, 6.45) is 6.08. The van der Waals surface area contributed by atoms with Crippen molar-refractivity contribution >= 4 is 28.7 Å². The highest BCUT2D eigenvalue weighted by Crippen LogP contribution is 2.20. The minimum atomic E-state index is 0.0295. The van der Waals surface area contributed by atoms with E-state index in [2.05, 4.69) is 25.6 Å². The van der Waals surface area contributed by atoms with Gasteiger partial charge >= 0.3 is 6.01 Å². The topological polar surface area (TPSA) is 81.1 Å². The summed E-state index contributed by atoms with van der Waals surface area (Å²) in [6.45, 7) is 3.38. The fourth-order valence-electron chi connectivity index (χ4n) is 3.01. The first-order valence-corrected chi connectivity index (χ1v) is 9.45. The molecule has 4 rings (SSSR count). The number of hydrogen-bond donors (Lipinski definition) is 0. The van der Waals surface area contributed by atoms with Crippen molar-refractivity contribution in [3.8, 4) is 6.01 Å². The first-order chi connectivity index (χ1) is 12.7. The monoisotopic (exact) mass is 369 g/mol. The van der Waals surface area contributed by atoms with E-state index in [-0.39, 0.29) is 12.0 Å². The first kappa shape index (κ1) is 16.8. The molecule has 0 aliphatic carbocycles. The maximum atomic E-state index is 12.7. The van der Waals surface area contributed by atoms with Crippen molar-refractivity contribution in [3.63, 3.8) is 0 Å². The van der Waals surface area contributed by atoms with Crippen LogP contribution >= 0.6 is 11.7 Å². The summed E-state index contributed by atoms with van der Waals surface area (Å²) < 4.78 is 14.2. The summed E-state index contributed by atoms with van der Waals surface area (Å²) in [5.74, 6) is 0.0295. The highest BCUT2D eigenvalue weighted by Gasteiger charge is 2.25. The van der Waals surface area contributed by atoms with Crippen LogP contribution in [0.15, 0.2) is 30.6 Å². The number of hydrogen-bond acceptors (Lipinski definition) is 7. The third-order valence-electron chi connectivity index (χ3n) is 4.59. The molecule has 2 aromatic heterocycles. The zero-order chi connectivity index (χ0) is 17.9. The molecule has 0 N–H and O–H groups in total. The number of piperidine rings is 1. The van der Waals surface area contributed by atoms with E-state index in [1.807, 2.05) is 23.1 Å². The van der Waals surface area contributed by atoms with Gasteiger partial charge in [0.2, 0.25) is 0 Å². The minimum absolute atomic E-state index is 0.0295. The van der Waals surface area contributed by atoms with Gasteiger partial charge in [-0.05, 0) is 30.2 Å². The number of aryl methyl sites for hydroxylation is 1. The number of rotatable bonds is 4. The normalized spacial score (nSPS) is 15.3. The second-order valence-corrected chi connectivity index (χ2v) is 6.83. The molecule has 1 amide bonds. The van der Waals surface area contributed by atoms with Crippen LogP contribution in [0.4, 0.5) is 0 Å². The van der Waals surface area contributed by atoms with Crippen molar-refractivity contribution < 1.29 is 9.53 Å². The van der Waals surface area contributed by atoms with E-state index in [4.69, 9.17) is 4.74 Å². The Morgan fingerprint density at radius 2 is 1.92 bits per heavy atom. The van der Waals surface area contributed by atoms with E-state index in [0.29, 0.717) is 24.7 Å². The molecule has 0 saturated carbocycles. The number of carbonyl (C=O) groups is 1. The van der Waals surface area contributed by atoms with Crippen LogP contribution in [0.5, 0.6) is 6.01 Å². The molecule has 1 saturated heterocycles. The Balaban J connectivity index is 1.35. The lowest BCUT2D eigenvalue weighted by atomic mass is 10.1. The Hall–Kier alpha value is -2.61. The zero-order valence-electron chi connectivity index (χ0n) is 14.5. The molecule has 0 atom stereocenters. The van der Waals surface area contributed by atoms with Crippen molar-refractivity contribution in [1.29, 1.82) is 0 Å². The van der Waals surface area contributed by atoms with Gasteiger partial charge < -0.3 is 9.64 Å². The van der Waals surface area contributed by atoms with E-state index in [1.165, 1.54) is 0 Å². The lowest BCUT2D eigenvalue weighted by Crippen LogP contribution is -2.41. The number of aromatic nitrogens is 4. The van der Waals surface area contributed by atoms with Crippen molar-refractivity contribution in [3.05, 3.63) is 41.7 Å². The molecular weight excluding hydrogens is 350 g/mol. The number of likely N-dealkylation sites (tertiary alicyclic amines) is 1. The smallest absolute Gasteiger partial charge is 0.316 e. The van der Waals surface area contributed by atoms with E-state index >= 15 is 0 Å². The van der Waals surface area contributed by atoms with Crippen molar-refractivity contribution in [2.75, 3.05) is 13.1 Å². The Kier molecular flexibility index (Phi) is 4.75. The Bertz CT molecular complexity index is 903. The lowest BCUT2D eigenvalue weighted by molar-refractivity contribution is 0.0578. The van der Waals surface area contributed by atoms with Crippen LogP contribution in [0.3, 0.4) is 0 Å². The molecule has 8 heteroatoms. The van der Waals surface area contributed by atoms with Gasteiger partial charge in [0.25, 0.3) is 5.91 Å². The molecule has 3 heterocycles. The molecule has 134 valence electrons. The fraction of sp³-hybridized carbons (Fsp3) is 0.389. The quantitative estimate of drug-likeness (QED) is 0.703. The summed E-state index contributed by atoms with van der Waals surface area (Å²) in [6, 6.07) is 5.89. The molecule has 7 nitrogen and oxygen atoms in total. The van der Waals surface area contributed by atoms with Crippen LogP contribution in [0.1, 0.15) is 35.7 Å². The largest absolute Gasteiger partial charge is 0.460 e. The third kappa shape index (κ3) is 3.50. The summed E-state index contributed by atoms with van der Waals surface area (Å²) in [4.78, 5) is 23.1. The van der Waals surface area contributed by atoms with Gasteiger partial charge in [0.1, 0.15) is 17.1 Å². The van der Waals surface area contributed by atoms with Crippen LogP contribution in [-0.2, 0) is 6.42 Å². The summed E-state index contributed by atoms with van der Waals surface area (Å²) in [5.41, 5.74) is 3.34. The molecule has 3 aromatic rings. The number of nitrogens with zero attached hydrogens (tertiary/aromatic N) is 5. The van der Waals surface area contributed by atoms with Crippen LogP contribution in [0.25, 0.3) is 11.0 Å². The number of fused-ring (bicyclic) bond motifs is 1. The fourth-order valence-corrected chi connectivity index (χ4v) is 3.53. The SMILES string of the molecule is CCc1cnc(OC2CCN(C(=O)c3ccc4nsnc4c3)CC2)nc1. The Morgan fingerprint density at radius 1 is 1.19 bits per heavy atom. The second-order valence-electron chi connectivity index (χ2n) is 6.30. The van der Waals surface area contributed by atoms with Gasteiger partial charge in [0.15, 0.2) is 0 Å². The van der Waals surface area contributed by atoms with Gasteiger partial charge in [-0.2, -0.15) is 8.75 Å². The highest BCUT2D eigenvalue weighted by atomic mass is 32.1. The maximum Gasteiger partial charge on any atom is 0.316 e. The molecule has 1 fully saturated rings. The maximum absolute atomic E-state index is 12.7. The van der Waals surface area contributed by atoms with Gasteiger partial charge in [0, 0.05) is 43.9 Å². The molecule has 0 radical (unpaired) electrons. The Labute approximate surface area is 155 Å². The van der Waals surface area contributed by atoms with Crippen molar-refractivity contribution in [1.82, 2.24) is 23.6 Å². The second kappa shape index (κ2) is 7.33. The average Bonchev–Trinajstić information content (AvgIpc) is 3.16. The van der Waals surface area contributed by atoms with Crippen molar-refractivity contribution in [2.45, 2.75) is 32.3 Å². The van der Waals surface area contributed by atoms with E-state index in [0.717, 1.165) is 47.6 Å². The van der Waals surface area contributed by atoms with Crippen LogP contribution < -0.4 is 4.74 Å². The van der Waals surface area contributed by atoms with Crippen LogP contribution in [0, 0.1) is 0 Å². The number of ether oxygens (including phenoxy) is 1. The molecule has 1 aromatic carbocycles. The molecule has 0 unspecified atom stereocenters. The standard InChI is InChI=1S/C18H19N5O2S/c1-2-12-10-19-18(20-11-12)25-14-5-7-23(8-6-14)17(24)13-3-4-15-16(9-13)22-26-21-15/h3-4,9-11,14H,2,5-8H2,1H3. The van der Waals surface area contributed by atoms with Crippen molar-refractivity contribution in [2.24, 2.45) is 0 Å². The third-order valence-corrected chi connectivity index (χ3v) is 5.15. The summed E-state index contributed by atoms with van der Waals surface area (Å²) in [5, 5.41) is 0. The van der Waals surface area contributed by atoms with E-state index < -0.39 is 0 Å². The van der Waals surface area contributed by atoms with Crippen LogP contribution in [-0.4, -0.2) is 48.7 Å². The molecule has 0 bridgehead atoms. The molecule has 1 aliphatic heterocycles. The van der Waals surface area contributed by atoms with Gasteiger partial charge in [0.05, 0.1) is 11.7 Å². The molecule has 1 aliphatic rings. The highest BCUT2D eigenvalue weighted by molar-refractivity contribution is 7.00. The van der Waals surface area contributed by atoms with Gasteiger partial charge in [-0.3, -0.25) is 4.79 Å². The average molecular weight is 369 g/mol. The molecule has 0 spiro atoms. The summed E-state index contributed by atoms with van der Waals surface area (Å²) >= 11 is 1.16. The zero-order valence-corrected chi connectivity index (χ0v) is 15.3. The molecular formula is C18H19N5O2S. The predicted molar refractivity (Wildman–Crippen MR) is 98.4 cm³/mol. The minimum Gasteiger partial charge on any atom is -0.460 e. The first-order valence-electron chi connectivity index (χ1n) is 8.72. The molecule has 26 heavy (non-hydrogen) atoms. The predicted octanol–water partition coefficient (Wildman–Crippen LogP) is 2.73. The summed E-state index contributed by atoms with van der Waals surface area (Å²) in [7, 11) is 0. The van der Waals surface area contributed by atoms with Crippen LogP contribution in [0.2, 0.25) is 0 Å². The number of benzene rings is 1. The Morgan fingerprint density at radius 3 is 2.65 bits per heavy atom. The van der Waals surface area contributed by atoms with E-state index in [9.17, 15) is 4.79 Å². The lowest BCUT2D eigenvalue weighted by Gasteiger charge is -2.31. The van der Waals surface area contributed by atoms with Gasteiger partial charge in [-0.15, -0.1) is 0 Å². The van der Waals surface area contributed by atoms with Gasteiger partial charge in [-0.1, -0.05) is 6.92 Å².